The second-order valence-corrected chi connectivity index (χ2v) is 4.50. The molecule has 96 valence electrons. The standard InChI is InChI=1S/C13H22N2O2/c1-2-10-14-12(16)8-9-13(17)15-11-6-4-3-5-7-11/h2,11H,1,3-10H2,(H,14,16)(H,15,17). The van der Waals surface area contributed by atoms with Gasteiger partial charge in [-0.15, -0.1) is 6.58 Å². The molecule has 2 amide bonds. The van der Waals surface area contributed by atoms with Gasteiger partial charge in [0.1, 0.15) is 0 Å². The molecule has 1 aliphatic rings. The van der Waals surface area contributed by atoms with E-state index in [2.05, 4.69) is 17.2 Å². The van der Waals surface area contributed by atoms with E-state index in [4.69, 9.17) is 0 Å². The molecule has 0 saturated heterocycles. The Bertz CT molecular complexity index is 271. The molecule has 0 radical (unpaired) electrons. The number of nitrogens with one attached hydrogen (secondary N) is 2. The summed E-state index contributed by atoms with van der Waals surface area (Å²) in [6.45, 7) is 3.97. The molecule has 0 aromatic heterocycles. The van der Waals surface area contributed by atoms with Crippen molar-refractivity contribution in [2.75, 3.05) is 6.54 Å². The molecule has 0 aromatic carbocycles. The molecule has 0 atom stereocenters. The highest BCUT2D eigenvalue weighted by molar-refractivity contribution is 5.83. The zero-order valence-corrected chi connectivity index (χ0v) is 10.3. The van der Waals surface area contributed by atoms with E-state index in [0.29, 0.717) is 12.6 Å². The third-order valence-corrected chi connectivity index (χ3v) is 2.99. The van der Waals surface area contributed by atoms with Gasteiger partial charge in [-0.1, -0.05) is 25.3 Å². The maximum Gasteiger partial charge on any atom is 0.220 e. The van der Waals surface area contributed by atoms with Crippen LogP contribution in [0.25, 0.3) is 0 Å². The van der Waals surface area contributed by atoms with E-state index in [0.717, 1.165) is 12.8 Å². The summed E-state index contributed by atoms with van der Waals surface area (Å²) in [6.07, 6.45) is 7.99. The molecule has 4 heteroatoms. The lowest BCUT2D eigenvalue weighted by atomic mass is 9.95. The van der Waals surface area contributed by atoms with Crippen molar-refractivity contribution < 1.29 is 9.59 Å². The quantitative estimate of drug-likeness (QED) is 0.689. The normalized spacial score (nSPS) is 16.2. The van der Waals surface area contributed by atoms with Gasteiger partial charge >= 0.3 is 0 Å². The minimum atomic E-state index is -0.0938. The third-order valence-electron chi connectivity index (χ3n) is 2.99. The molecule has 1 fully saturated rings. The minimum absolute atomic E-state index is 0.00865. The first-order chi connectivity index (χ1) is 8.22. The van der Waals surface area contributed by atoms with Crippen molar-refractivity contribution in [2.24, 2.45) is 0 Å². The minimum Gasteiger partial charge on any atom is -0.353 e. The molecule has 17 heavy (non-hydrogen) atoms. The van der Waals surface area contributed by atoms with Crippen molar-refractivity contribution in [3.63, 3.8) is 0 Å². The first kappa shape index (κ1) is 13.7. The Morgan fingerprint density at radius 1 is 1.12 bits per heavy atom. The summed E-state index contributed by atoms with van der Waals surface area (Å²) in [6, 6.07) is 0.326. The molecule has 1 rings (SSSR count). The van der Waals surface area contributed by atoms with Crippen LogP contribution in [0, 0.1) is 0 Å². The second-order valence-electron chi connectivity index (χ2n) is 4.50. The molecule has 4 nitrogen and oxygen atoms in total. The molecule has 1 aliphatic carbocycles. The average Bonchev–Trinajstić information content (AvgIpc) is 2.35. The van der Waals surface area contributed by atoms with Gasteiger partial charge in [-0.3, -0.25) is 9.59 Å². The number of rotatable bonds is 6. The summed E-state index contributed by atoms with van der Waals surface area (Å²) in [7, 11) is 0. The lowest BCUT2D eigenvalue weighted by Gasteiger charge is -2.22. The Kier molecular flexibility index (Phi) is 6.37. The van der Waals surface area contributed by atoms with Crippen LogP contribution >= 0.6 is 0 Å². The van der Waals surface area contributed by atoms with Gasteiger partial charge in [0.2, 0.25) is 11.8 Å². The predicted octanol–water partition coefficient (Wildman–Crippen LogP) is 1.52. The van der Waals surface area contributed by atoms with Crippen molar-refractivity contribution in [2.45, 2.75) is 51.0 Å². The number of carbonyl (C=O) groups is 2. The zero-order valence-electron chi connectivity index (χ0n) is 10.3. The Morgan fingerprint density at radius 3 is 2.41 bits per heavy atom. The van der Waals surface area contributed by atoms with Crippen molar-refractivity contribution in [3.8, 4) is 0 Å². The fourth-order valence-corrected chi connectivity index (χ4v) is 2.05. The van der Waals surface area contributed by atoms with Crippen LogP contribution < -0.4 is 10.6 Å². The van der Waals surface area contributed by atoms with E-state index in [1.807, 2.05) is 0 Å². The molecule has 0 bridgehead atoms. The molecular formula is C13H22N2O2. The number of hydrogen-bond acceptors (Lipinski definition) is 2. The summed E-state index contributed by atoms with van der Waals surface area (Å²) in [5.41, 5.74) is 0. The first-order valence-electron chi connectivity index (χ1n) is 6.39. The summed E-state index contributed by atoms with van der Waals surface area (Å²) in [4.78, 5) is 22.8. The Labute approximate surface area is 103 Å². The molecule has 0 heterocycles. The molecule has 0 aromatic rings. The second kappa shape index (κ2) is 7.87. The SMILES string of the molecule is C=CCNC(=O)CCC(=O)NC1CCCCC1. The van der Waals surface area contributed by atoms with Crippen LogP contribution in [-0.4, -0.2) is 24.4 Å². The van der Waals surface area contributed by atoms with Crippen LogP contribution in [0.5, 0.6) is 0 Å². The fourth-order valence-electron chi connectivity index (χ4n) is 2.05. The highest BCUT2D eigenvalue weighted by Crippen LogP contribution is 2.17. The molecule has 1 saturated carbocycles. The maximum absolute atomic E-state index is 11.6. The highest BCUT2D eigenvalue weighted by Gasteiger charge is 2.15. The summed E-state index contributed by atoms with van der Waals surface area (Å²) < 4.78 is 0. The number of hydrogen-bond donors (Lipinski definition) is 2. The predicted molar refractivity (Wildman–Crippen MR) is 67.5 cm³/mol. The Morgan fingerprint density at radius 2 is 1.76 bits per heavy atom. The smallest absolute Gasteiger partial charge is 0.220 e. The van der Waals surface area contributed by atoms with Crippen LogP contribution in [0.2, 0.25) is 0 Å². The van der Waals surface area contributed by atoms with Crippen LogP contribution in [0.3, 0.4) is 0 Å². The number of amides is 2. The van der Waals surface area contributed by atoms with E-state index in [-0.39, 0.29) is 24.7 Å². The van der Waals surface area contributed by atoms with Crippen LogP contribution in [0.1, 0.15) is 44.9 Å². The van der Waals surface area contributed by atoms with Gasteiger partial charge in [0.15, 0.2) is 0 Å². The molecular weight excluding hydrogens is 216 g/mol. The molecule has 0 unspecified atom stereocenters. The highest BCUT2D eigenvalue weighted by atomic mass is 16.2. The van der Waals surface area contributed by atoms with Crippen molar-refractivity contribution >= 4 is 11.8 Å². The molecule has 0 aliphatic heterocycles. The topological polar surface area (TPSA) is 58.2 Å². The maximum atomic E-state index is 11.6. The summed E-state index contributed by atoms with van der Waals surface area (Å²) in [5.74, 6) is -0.102. The third kappa shape index (κ3) is 6.09. The van der Waals surface area contributed by atoms with E-state index in [9.17, 15) is 9.59 Å². The molecule has 2 N–H and O–H groups in total. The zero-order chi connectivity index (χ0) is 12.5. The van der Waals surface area contributed by atoms with Crippen molar-refractivity contribution in [1.29, 1.82) is 0 Å². The van der Waals surface area contributed by atoms with E-state index >= 15 is 0 Å². The van der Waals surface area contributed by atoms with Gasteiger partial charge in [-0.05, 0) is 12.8 Å². The first-order valence-corrected chi connectivity index (χ1v) is 6.39. The van der Waals surface area contributed by atoms with Crippen LogP contribution in [0.15, 0.2) is 12.7 Å². The van der Waals surface area contributed by atoms with Gasteiger partial charge in [0.25, 0.3) is 0 Å². The van der Waals surface area contributed by atoms with Crippen LogP contribution in [0.4, 0.5) is 0 Å². The lowest BCUT2D eigenvalue weighted by molar-refractivity contribution is -0.126. The van der Waals surface area contributed by atoms with Crippen LogP contribution in [-0.2, 0) is 9.59 Å². The summed E-state index contributed by atoms with van der Waals surface area (Å²) >= 11 is 0. The molecule has 0 spiro atoms. The lowest BCUT2D eigenvalue weighted by Crippen LogP contribution is -2.36. The van der Waals surface area contributed by atoms with Gasteiger partial charge in [-0.25, -0.2) is 0 Å². The van der Waals surface area contributed by atoms with Gasteiger partial charge < -0.3 is 10.6 Å². The van der Waals surface area contributed by atoms with Crippen molar-refractivity contribution in [1.82, 2.24) is 10.6 Å². The summed E-state index contributed by atoms with van der Waals surface area (Å²) in [5, 5.41) is 5.65. The Hall–Kier alpha value is -1.32. The van der Waals surface area contributed by atoms with E-state index in [1.165, 1.54) is 19.3 Å². The van der Waals surface area contributed by atoms with E-state index in [1.54, 1.807) is 6.08 Å². The van der Waals surface area contributed by atoms with Crippen molar-refractivity contribution in [3.05, 3.63) is 12.7 Å². The van der Waals surface area contributed by atoms with E-state index < -0.39 is 0 Å². The monoisotopic (exact) mass is 238 g/mol. The van der Waals surface area contributed by atoms with Gasteiger partial charge in [0, 0.05) is 25.4 Å². The van der Waals surface area contributed by atoms with Gasteiger partial charge in [0.05, 0.1) is 0 Å². The fraction of sp³-hybridized carbons (Fsp3) is 0.692. The Balaban J connectivity index is 2.11. The largest absolute Gasteiger partial charge is 0.353 e. The average molecular weight is 238 g/mol. The number of carbonyl (C=O) groups excluding carboxylic acids is 2. The van der Waals surface area contributed by atoms with Gasteiger partial charge in [-0.2, -0.15) is 0 Å².